The van der Waals surface area contributed by atoms with Gasteiger partial charge in [0.2, 0.25) is 5.95 Å². The molecule has 0 aromatic carbocycles. The Morgan fingerprint density at radius 2 is 1.95 bits per heavy atom. The number of hydrogen-bond donors (Lipinski definition) is 2. The van der Waals surface area contributed by atoms with Gasteiger partial charge in [-0.2, -0.15) is 0 Å². The lowest BCUT2D eigenvalue weighted by atomic mass is 10.4. The van der Waals surface area contributed by atoms with Crippen LogP contribution in [0.4, 0.5) is 16.0 Å². The molecular formula is C11H12FN5O2S. The molecule has 0 bridgehead atoms. The molecule has 0 saturated carbocycles. The first-order valence-corrected chi connectivity index (χ1v) is 7.19. The van der Waals surface area contributed by atoms with Gasteiger partial charge in [-0.05, 0) is 13.0 Å². The Morgan fingerprint density at radius 1 is 1.25 bits per heavy atom. The van der Waals surface area contributed by atoms with Gasteiger partial charge in [0.05, 0.1) is 24.3 Å². The first kappa shape index (κ1) is 14.1. The van der Waals surface area contributed by atoms with Gasteiger partial charge in [0.1, 0.15) is 4.90 Å². The van der Waals surface area contributed by atoms with Crippen molar-refractivity contribution in [2.75, 3.05) is 16.6 Å². The molecule has 2 rings (SSSR count). The summed E-state index contributed by atoms with van der Waals surface area (Å²) in [5, 5.41) is 2.84. The SMILES string of the molecule is CCNc1ncc(S(=O)(=O)Nc2ccncc2F)cn1. The van der Waals surface area contributed by atoms with E-state index in [0.29, 0.717) is 12.5 Å². The van der Waals surface area contributed by atoms with Gasteiger partial charge in [0.15, 0.2) is 5.82 Å². The molecule has 2 N–H and O–H groups in total. The lowest BCUT2D eigenvalue weighted by molar-refractivity contribution is 0.597. The molecule has 106 valence electrons. The number of anilines is 2. The summed E-state index contributed by atoms with van der Waals surface area (Å²) < 4.78 is 39.5. The molecule has 0 aliphatic heterocycles. The van der Waals surface area contributed by atoms with Crippen molar-refractivity contribution in [1.29, 1.82) is 0 Å². The number of rotatable bonds is 5. The molecule has 0 atom stereocenters. The van der Waals surface area contributed by atoms with Gasteiger partial charge in [-0.25, -0.2) is 22.8 Å². The topological polar surface area (TPSA) is 96.9 Å². The van der Waals surface area contributed by atoms with E-state index in [9.17, 15) is 12.8 Å². The van der Waals surface area contributed by atoms with Gasteiger partial charge in [0.25, 0.3) is 10.0 Å². The number of aromatic nitrogens is 3. The molecular weight excluding hydrogens is 285 g/mol. The molecule has 20 heavy (non-hydrogen) atoms. The Labute approximate surface area is 115 Å². The Kier molecular flexibility index (Phi) is 4.08. The van der Waals surface area contributed by atoms with Crippen LogP contribution in [0.1, 0.15) is 6.92 Å². The van der Waals surface area contributed by atoms with Gasteiger partial charge < -0.3 is 5.32 Å². The highest BCUT2D eigenvalue weighted by atomic mass is 32.2. The molecule has 0 radical (unpaired) electrons. The van der Waals surface area contributed by atoms with Gasteiger partial charge in [-0.3, -0.25) is 9.71 Å². The van der Waals surface area contributed by atoms with Crippen LogP contribution in [0.25, 0.3) is 0 Å². The summed E-state index contributed by atoms with van der Waals surface area (Å²) in [6.45, 7) is 2.48. The first-order valence-electron chi connectivity index (χ1n) is 5.71. The average molecular weight is 297 g/mol. The maximum atomic E-state index is 13.4. The minimum Gasteiger partial charge on any atom is -0.355 e. The van der Waals surface area contributed by atoms with Crippen LogP contribution < -0.4 is 10.0 Å². The summed E-state index contributed by atoms with van der Waals surface area (Å²) in [7, 11) is -3.94. The van der Waals surface area contributed by atoms with Crippen LogP contribution in [-0.4, -0.2) is 29.9 Å². The third-order valence-corrected chi connectivity index (χ3v) is 3.61. The summed E-state index contributed by atoms with van der Waals surface area (Å²) in [4.78, 5) is 11.1. The van der Waals surface area contributed by atoms with Crippen molar-refractivity contribution < 1.29 is 12.8 Å². The second kappa shape index (κ2) is 5.78. The van der Waals surface area contributed by atoms with E-state index in [1.54, 1.807) is 0 Å². The zero-order valence-corrected chi connectivity index (χ0v) is 11.4. The van der Waals surface area contributed by atoms with E-state index in [2.05, 4.69) is 25.0 Å². The number of nitrogens with zero attached hydrogens (tertiary/aromatic N) is 3. The van der Waals surface area contributed by atoms with Crippen molar-refractivity contribution in [2.45, 2.75) is 11.8 Å². The highest BCUT2D eigenvalue weighted by Gasteiger charge is 2.17. The molecule has 7 nitrogen and oxygen atoms in total. The summed E-state index contributed by atoms with van der Waals surface area (Å²) in [6, 6.07) is 1.22. The second-order valence-electron chi connectivity index (χ2n) is 3.73. The fourth-order valence-electron chi connectivity index (χ4n) is 1.37. The number of pyridine rings is 1. The third kappa shape index (κ3) is 3.18. The maximum absolute atomic E-state index is 13.4. The standard InChI is InChI=1S/C11H12FN5O2S/c1-2-14-11-15-5-8(6-16-11)20(18,19)17-10-3-4-13-7-9(10)12/h3-7H,2H2,1H3,(H,13,17)(H,14,15,16). The van der Waals surface area contributed by atoms with Crippen LogP contribution in [0.2, 0.25) is 0 Å². The Balaban J connectivity index is 2.24. The van der Waals surface area contributed by atoms with E-state index >= 15 is 0 Å². The van der Waals surface area contributed by atoms with Crippen LogP contribution in [0.15, 0.2) is 35.7 Å². The zero-order valence-electron chi connectivity index (χ0n) is 10.5. The Hall–Kier alpha value is -2.29. The van der Waals surface area contributed by atoms with Crippen molar-refractivity contribution in [1.82, 2.24) is 15.0 Å². The van der Waals surface area contributed by atoms with E-state index in [1.807, 2.05) is 6.92 Å². The molecule has 0 aliphatic carbocycles. The summed E-state index contributed by atoms with van der Waals surface area (Å²) in [5.41, 5.74) is -0.184. The number of nitrogens with one attached hydrogen (secondary N) is 2. The second-order valence-corrected chi connectivity index (χ2v) is 5.42. The predicted molar refractivity (Wildman–Crippen MR) is 71.2 cm³/mol. The Morgan fingerprint density at radius 3 is 2.55 bits per heavy atom. The van der Waals surface area contributed by atoms with Crippen LogP contribution in [0.3, 0.4) is 0 Å². The van der Waals surface area contributed by atoms with Gasteiger partial charge in [0, 0.05) is 12.7 Å². The maximum Gasteiger partial charge on any atom is 0.265 e. The molecule has 9 heteroatoms. The highest BCUT2D eigenvalue weighted by Crippen LogP contribution is 2.17. The predicted octanol–water partition coefficient (Wildman–Crippen LogP) is 1.24. The van der Waals surface area contributed by atoms with Gasteiger partial charge in [-0.15, -0.1) is 0 Å². The molecule has 0 saturated heterocycles. The molecule has 0 spiro atoms. The zero-order chi connectivity index (χ0) is 14.6. The number of halogens is 1. The minimum atomic E-state index is -3.94. The van der Waals surface area contributed by atoms with Crippen molar-refractivity contribution in [3.05, 3.63) is 36.7 Å². The smallest absolute Gasteiger partial charge is 0.265 e. The average Bonchev–Trinajstić information content (AvgIpc) is 2.42. The number of hydrogen-bond acceptors (Lipinski definition) is 6. The van der Waals surface area contributed by atoms with Crippen molar-refractivity contribution in [2.24, 2.45) is 0 Å². The van der Waals surface area contributed by atoms with Crippen molar-refractivity contribution >= 4 is 21.7 Å². The lowest BCUT2D eigenvalue weighted by Gasteiger charge is -2.08. The minimum absolute atomic E-state index is 0.157. The van der Waals surface area contributed by atoms with Crippen LogP contribution in [0, 0.1) is 5.82 Å². The fourth-order valence-corrected chi connectivity index (χ4v) is 2.32. The summed E-state index contributed by atoms with van der Waals surface area (Å²) >= 11 is 0. The highest BCUT2D eigenvalue weighted by molar-refractivity contribution is 7.92. The normalized spacial score (nSPS) is 11.1. The first-order chi connectivity index (χ1) is 9.53. The van der Waals surface area contributed by atoms with E-state index < -0.39 is 15.8 Å². The molecule has 2 heterocycles. The fraction of sp³-hybridized carbons (Fsp3) is 0.182. The quantitative estimate of drug-likeness (QED) is 0.862. The largest absolute Gasteiger partial charge is 0.355 e. The molecule has 2 aromatic rings. The van der Waals surface area contributed by atoms with E-state index in [0.717, 1.165) is 18.6 Å². The third-order valence-electron chi connectivity index (χ3n) is 2.29. The monoisotopic (exact) mass is 297 g/mol. The molecule has 0 amide bonds. The van der Waals surface area contributed by atoms with Crippen molar-refractivity contribution in [3.63, 3.8) is 0 Å². The van der Waals surface area contributed by atoms with E-state index in [-0.39, 0.29) is 10.6 Å². The van der Waals surface area contributed by atoms with E-state index in [4.69, 9.17) is 0 Å². The van der Waals surface area contributed by atoms with Crippen molar-refractivity contribution in [3.8, 4) is 0 Å². The molecule has 0 unspecified atom stereocenters. The molecule has 0 fully saturated rings. The summed E-state index contributed by atoms with van der Waals surface area (Å²) in [6.07, 6.45) is 4.49. The summed E-state index contributed by atoms with van der Waals surface area (Å²) in [5.74, 6) is -0.442. The van der Waals surface area contributed by atoms with Crippen LogP contribution in [-0.2, 0) is 10.0 Å². The number of sulfonamides is 1. The van der Waals surface area contributed by atoms with Gasteiger partial charge in [-0.1, -0.05) is 0 Å². The van der Waals surface area contributed by atoms with E-state index in [1.165, 1.54) is 12.3 Å². The lowest BCUT2D eigenvalue weighted by Crippen LogP contribution is -2.15. The Bertz CT molecular complexity index is 690. The van der Waals surface area contributed by atoms with Crippen LogP contribution in [0.5, 0.6) is 0 Å². The molecule has 0 aliphatic rings. The van der Waals surface area contributed by atoms with Gasteiger partial charge >= 0.3 is 0 Å². The molecule has 2 aromatic heterocycles. The van der Waals surface area contributed by atoms with Crippen LogP contribution >= 0.6 is 0 Å².